The molecule has 0 radical (unpaired) electrons. The molecule has 0 aromatic carbocycles. The molecule has 0 aromatic rings. The van der Waals surface area contributed by atoms with E-state index in [1.165, 1.54) is 0 Å². The van der Waals surface area contributed by atoms with E-state index in [4.69, 9.17) is 5.11 Å². The normalized spacial score (nSPS) is 7.44. The van der Waals surface area contributed by atoms with E-state index in [9.17, 15) is 4.79 Å². The highest BCUT2D eigenvalue weighted by Gasteiger charge is 1.80. The molecule has 0 aliphatic heterocycles. The second-order valence-electron chi connectivity index (χ2n) is 1.17. The molecule has 9 heavy (non-hydrogen) atoms. The van der Waals surface area contributed by atoms with Crippen molar-refractivity contribution in [3.8, 4) is 0 Å². The number of aliphatic carboxylic acids is 1. The molecule has 0 amide bonds. The van der Waals surface area contributed by atoms with Crippen LogP contribution in [-0.4, -0.2) is 16.8 Å². The van der Waals surface area contributed by atoms with Crippen molar-refractivity contribution in [1.82, 2.24) is 0 Å². The highest BCUT2D eigenvalue weighted by molar-refractivity contribution is 8.68. The van der Waals surface area contributed by atoms with E-state index in [1.807, 2.05) is 0 Å². The first-order valence-corrected chi connectivity index (χ1v) is 4.70. The molecule has 0 aromatic heterocycles. The summed E-state index contributed by atoms with van der Waals surface area (Å²) in [6, 6.07) is 0. The van der Waals surface area contributed by atoms with E-state index < -0.39 is 5.97 Å². The van der Waals surface area contributed by atoms with Gasteiger partial charge in [-0.1, -0.05) is 24.6 Å². The third kappa shape index (κ3) is 31.0. The first-order chi connectivity index (χ1) is 4.18. The number of carboxylic acids is 1. The van der Waals surface area contributed by atoms with Gasteiger partial charge >= 0.3 is 5.97 Å². The van der Waals surface area contributed by atoms with Gasteiger partial charge in [0, 0.05) is 12.2 Å². The number of hydrogen-bond acceptors (Lipinski definition) is 3. The largest absolute Gasteiger partial charge is 0.481 e. The lowest BCUT2D eigenvalue weighted by atomic mass is 10.5. The Morgan fingerprint density at radius 1 is 1.67 bits per heavy atom. The number of thiol groups is 1. The molecule has 0 rings (SSSR count). The van der Waals surface area contributed by atoms with Crippen LogP contribution in [0.4, 0.5) is 0 Å². The maximum absolute atomic E-state index is 9.37. The van der Waals surface area contributed by atoms with Crippen LogP contribution in [0.5, 0.6) is 0 Å². The molecule has 0 fully saturated rings. The van der Waals surface area contributed by atoms with E-state index in [-0.39, 0.29) is 6.42 Å². The van der Waals surface area contributed by atoms with Crippen LogP contribution in [0.2, 0.25) is 0 Å². The minimum Gasteiger partial charge on any atom is -0.481 e. The zero-order valence-electron chi connectivity index (χ0n) is 5.63. The fraction of sp³-hybridized carbons (Fsp3) is 0.800. The maximum atomic E-state index is 9.37. The molecule has 0 heterocycles. The number of rotatable bonds is 2. The Labute approximate surface area is 64.8 Å². The first kappa shape index (κ1) is 11.9. The van der Waals surface area contributed by atoms with Crippen molar-refractivity contribution >= 4 is 28.4 Å². The van der Waals surface area contributed by atoms with Crippen LogP contribution in [0.1, 0.15) is 20.3 Å². The van der Waals surface area contributed by atoms with Gasteiger partial charge in [-0.25, -0.2) is 0 Å². The Bertz CT molecular complexity index is 64.0. The first-order valence-electron chi connectivity index (χ1n) is 2.67. The molecular formula is C5H12O2S2. The van der Waals surface area contributed by atoms with E-state index >= 15 is 0 Å². The van der Waals surface area contributed by atoms with Gasteiger partial charge in [0.05, 0.1) is 0 Å². The summed E-state index contributed by atoms with van der Waals surface area (Å²) in [5.74, 6) is 0.355. The van der Waals surface area contributed by atoms with E-state index in [0.29, 0.717) is 0 Å². The van der Waals surface area contributed by atoms with Crippen molar-refractivity contribution in [3.05, 3.63) is 0 Å². The molecule has 0 spiro atoms. The molecule has 56 valence electrons. The smallest absolute Gasteiger partial charge is 0.303 e. The fourth-order valence-electron chi connectivity index (χ4n) is 0. The van der Waals surface area contributed by atoms with Crippen LogP contribution in [0, 0.1) is 0 Å². The molecule has 1 N–H and O–H groups in total. The Kier molecular flexibility index (Phi) is 14.6. The molecular weight excluding hydrogens is 156 g/mol. The van der Waals surface area contributed by atoms with Crippen molar-refractivity contribution in [2.45, 2.75) is 20.3 Å². The van der Waals surface area contributed by atoms with Crippen molar-refractivity contribution in [2.75, 3.05) is 5.75 Å². The van der Waals surface area contributed by atoms with E-state index in [2.05, 4.69) is 18.6 Å². The third-order valence-corrected chi connectivity index (χ3v) is 1.46. The summed E-state index contributed by atoms with van der Waals surface area (Å²) >= 11 is 3.84. The second kappa shape index (κ2) is 11.0. The topological polar surface area (TPSA) is 37.3 Å². The van der Waals surface area contributed by atoms with Gasteiger partial charge in [-0.3, -0.25) is 4.79 Å². The predicted molar refractivity (Wildman–Crippen MR) is 45.0 cm³/mol. The number of carbonyl (C=O) groups is 1. The van der Waals surface area contributed by atoms with Crippen LogP contribution in [0.15, 0.2) is 0 Å². The number of carboxylic acid groups (broad SMARTS) is 1. The summed E-state index contributed by atoms with van der Waals surface area (Å²) in [6.45, 7) is 3.67. The molecule has 0 aliphatic carbocycles. The Hall–Kier alpha value is 0.170. The van der Waals surface area contributed by atoms with Crippen LogP contribution in [-0.2, 0) is 4.79 Å². The lowest BCUT2D eigenvalue weighted by molar-refractivity contribution is -0.136. The summed E-state index contributed by atoms with van der Waals surface area (Å²) in [5.41, 5.74) is 0. The van der Waals surface area contributed by atoms with Gasteiger partial charge in [0.2, 0.25) is 0 Å². The van der Waals surface area contributed by atoms with Gasteiger partial charge in [0.25, 0.3) is 0 Å². The molecule has 0 atom stereocenters. The molecule has 0 bridgehead atoms. The van der Waals surface area contributed by atoms with Gasteiger partial charge in [-0.05, 0) is 0 Å². The number of hydrogen-bond donors (Lipinski definition) is 2. The third-order valence-electron chi connectivity index (χ3n) is 0.432. The highest BCUT2D eigenvalue weighted by Crippen LogP contribution is 2.00. The zero-order valence-corrected chi connectivity index (χ0v) is 7.34. The van der Waals surface area contributed by atoms with E-state index in [1.54, 1.807) is 17.7 Å². The van der Waals surface area contributed by atoms with Crippen LogP contribution in [0.25, 0.3) is 0 Å². The van der Waals surface area contributed by atoms with E-state index in [0.717, 1.165) is 5.75 Å². The Morgan fingerprint density at radius 3 is 1.89 bits per heavy atom. The van der Waals surface area contributed by atoms with Gasteiger partial charge in [-0.2, -0.15) is 0 Å². The van der Waals surface area contributed by atoms with Crippen molar-refractivity contribution < 1.29 is 9.90 Å². The standard InChI is InChI=1S/C3H6O2.C2H6S2/c1-2-3(4)5;1-2-4-3/h2H2,1H3,(H,4,5);3H,2H2,1H3. The lowest BCUT2D eigenvalue weighted by Gasteiger charge is -1.71. The van der Waals surface area contributed by atoms with Gasteiger partial charge < -0.3 is 5.11 Å². The maximum Gasteiger partial charge on any atom is 0.303 e. The monoisotopic (exact) mass is 168 g/mol. The van der Waals surface area contributed by atoms with Gasteiger partial charge in [0.1, 0.15) is 0 Å². The fourth-order valence-corrected chi connectivity index (χ4v) is 0. The van der Waals surface area contributed by atoms with Crippen molar-refractivity contribution in [1.29, 1.82) is 0 Å². The lowest BCUT2D eigenvalue weighted by Crippen LogP contribution is -1.86. The quantitative estimate of drug-likeness (QED) is 0.489. The van der Waals surface area contributed by atoms with Gasteiger partial charge in [-0.15, -0.1) is 11.7 Å². The average molecular weight is 168 g/mol. The summed E-state index contributed by atoms with van der Waals surface area (Å²) in [5, 5.41) is 7.72. The average Bonchev–Trinajstić information content (AvgIpc) is 1.89. The molecule has 0 saturated carbocycles. The summed E-state index contributed by atoms with van der Waals surface area (Å²) in [4.78, 5) is 9.37. The minimum atomic E-state index is -0.745. The highest BCUT2D eigenvalue weighted by atomic mass is 33.1. The molecule has 0 saturated heterocycles. The molecule has 4 heteroatoms. The Morgan fingerprint density at radius 2 is 1.89 bits per heavy atom. The summed E-state index contributed by atoms with van der Waals surface area (Å²) < 4.78 is 0. The van der Waals surface area contributed by atoms with Crippen LogP contribution in [0.3, 0.4) is 0 Å². The van der Waals surface area contributed by atoms with Gasteiger partial charge in [0.15, 0.2) is 0 Å². The van der Waals surface area contributed by atoms with Crippen LogP contribution >= 0.6 is 22.5 Å². The Balaban J connectivity index is 0. The molecule has 2 nitrogen and oxygen atoms in total. The van der Waals surface area contributed by atoms with Crippen molar-refractivity contribution in [2.24, 2.45) is 0 Å². The predicted octanol–water partition coefficient (Wildman–Crippen LogP) is 2.07. The minimum absolute atomic E-state index is 0.222. The van der Waals surface area contributed by atoms with Crippen LogP contribution < -0.4 is 0 Å². The second-order valence-corrected chi connectivity index (χ2v) is 2.78. The summed E-state index contributed by atoms with van der Waals surface area (Å²) in [6.07, 6.45) is 0.222. The van der Waals surface area contributed by atoms with Crippen molar-refractivity contribution in [3.63, 3.8) is 0 Å². The zero-order chi connectivity index (χ0) is 7.70. The summed E-state index contributed by atoms with van der Waals surface area (Å²) in [7, 11) is 1.55. The molecule has 0 unspecified atom stereocenters. The SMILES string of the molecule is CCC(=O)O.CCSS. The molecule has 0 aliphatic rings.